The van der Waals surface area contributed by atoms with E-state index in [1.807, 2.05) is 42.2 Å². The minimum absolute atomic E-state index is 0.286. The highest BCUT2D eigenvalue weighted by Crippen LogP contribution is 2.12. The smallest absolute Gasteiger partial charge is 0.250 e. The molecule has 1 aromatic carbocycles. The van der Waals surface area contributed by atoms with Crippen LogP contribution in [0.15, 0.2) is 59.2 Å². The van der Waals surface area contributed by atoms with Gasteiger partial charge < -0.3 is 9.32 Å². The van der Waals surface area contributed by atoms with Crippen LogP contribution < -0.4 is 10.2 Å². The number of hydrogen-bond acceptors (Lipinski definition) is 3. The normalized spacial score (nSPS) is 10.5. The molecule has 0 bridgehead atoms. The lowest BCUT2D eigenvalue weighted by Crippen LogP contribution is -2.42. The number of thiocarbonyl (C=S) groups is 1. The third kappa shape index (κ3) is 4.29. The Labute approximate surface area is 129 Å². The molecule has 1 N–H and O–H groups in total. The fraction of sp³-hybridized carbons (Fsp3) is 0.125. The van der Waals surface area contributed by atoms with Crippen molar-refractivity contribution >= 4 is 35.0 Å². The van der Waals surface area contributed by atoms with Gasteiger partial charge in [-0.25, -0.2) is 0 Å². The second-order valence-electron chi connectivity index (χ2n) is 4.22. The molecule has 4 nitrogen and oxygen atoms in total. The molecule has 1 amide bonds. The molecule has 0 radical (unpaired) electrons. The van der Waals surface area contributed by atoms with Crippen LogP contribution in [0.1, 0.15) is 12.7 Å². The fourth-order valence-electron chi connectivity index (χ4n) is 1.81. The topological polar surface area (TPSA) is 45.5 Å². The Morgan fingerprint density at radius 1 is 1.29 bits per heavy atom. The van der Waals surface area contributed by atoms with Gasteiger partial charge in [0.15, 0.2) is 5.11 Å². The predicted molar refractivity (Wildman–Crippen MR) is 87.9 cm³/mol. The summed E-state index contributed by atoms with van der Waals surface area (Å²) in [5.41, 5.74) is 0.945. The number of hydrogen-bond donors (Lipinski definition) is 1. The molecule has 0 fully saturated rings. The molecule has 0 unspecified atom stereocenters. The standard InChI is InChI=1S/C16H16N2O2S/c1-2-18(13-7-4-3-5-8-13)16(21)17-15(19)11-10-14-9-6-12-20-14/h3-12H,2H2,1H3,(H,17,19,21). The van der Waals surface area contributed by atoms with Crippen LogP contribution in [-0.4, -0.2) is 17.6 Å². The van der Waals surface area contributed by atoms with Crippen LogP contribution in [0.3, 0.4) is 0 Å². The van der Waals surface area contributed by atoms with E-state index in [9.17, 15) is 4.79 Å². The maximum absolute atomic E-state index is 11.8. The zero-order valence-corrected chi connectivity index (χ0v) is 12.5. The average Bonchev–Trinajstić information content (AvgIpc) is 3.00. The van der Waals surface area contributed by atoms with Crippen LogP contribution in [0.25, 0.3) is 6.08 Å². The number of nitrogens with zero attached hydrogens (tertiary/aromatic N) is 1. The lowest BCUT2D eigenvalue weighted by Gasteiger charge is -2.23. The molecule has 0 atom stereocenters. The molecule has 2 rings (SSSR count). The van der Waals surface area contributed by atoms with Gasteiger partial charge in [0.1, 0.15) is 5.76 Å². The van der Waals surface area contributed by atoms with Crippen molar-refractivity contribution in [2.24, 2.45) is 0 Å². The van der Waals surface area contributed by atoms with E-state index in [2.05, 4.69) is 5.32 Å². The number of carbonyl (C=O) groups is 1. The molecule has 1 heterocycles. The molecule has 0 aliphatic heterocycles. The summed E-state index contributed by atoms with van der Waals surface area (Å²) in [7, 11) is 0. The molecule has 0 aliphatic carbocycles. The second-order valence-corrected chi connectivity index (χ2v) is 4.61. The van der Waals surface area contributed by atoms with Crippen molar-refractivity contribution in [3.8, 4) is 0 Å². The van der Waals surface area contributed by atoms with Gasteiger partial charge in [-0.05, 0) is 49.5 Å². The number of furan rings is 1. The summed E-state index contributed by atoms with van der Waals surface area (Å²) < 4.78 is 5.12. The van der Waals surface area contributed by atoms with E-state index in [0.717, 1.165) is 5.69 Å². The van der Waals surface area contributed by atoms with Gasteiger partial charge in [0.05, 0.1) is 6.26 Å². The average molecular weight is 300 g/mol. The lowest BCUT2D eigenvalue weighted by atomic mass is 10.3. The summed E-state index contributed by atoms with van der Waals surface area (Å²) >= 11 is 5.28. The first-order valence-corrected chi connectivity index (χ1v) is 7.00. The zero-order chi connectivity index (χ0) is 15.1. The summed E-state index contributed by atoms with van der Waals surface area (Å²) in [5, 5.41) is 3.05. The van der Waals surface area contributed by atoms with E-state index in [1.54, 1.807) is 24.5 Å². The van der Waals surface area contributed by atoms with E-state index in [1.165, 1.54) is 6.08 Å². The van der Waals surface area contributed by atoms with Gasteiger partial charge in [0.2, 0.25) is 5.91 Å². The van der Waals surface area contributed by atoms with E-state index >= 15 is 0 Å². The first kappa shape index (κ1) is 15.0. The summed E-state index contributed by atoms with van der Waals surface area (Å²) in [6, 6.07) is 13.2. The summed E-state index contributed by atoms with van der Waals surface area (Å²) in [6.07, 6.45) is 4.54. The maximum Gasteiger partial charge on any atom is 0.250 e. The van der Waals surface area contributed by atoms with E-state index in [0.29, 0.717) is 17.4 Å². The number of amides is 1. The van der Waals surface area contributed by atoms with Gasteiger partial charge in [0, 0.05) is 18.3 Å². The first-order valence-electron chi connectivity index (χ1n) is 6.60. The molecule has 0 saturated carbocycles. The molecule has 5 heteroatoms. The summed E-state index contributed by atoms with van der Waals surface area (Å²) in [5.74, 6) is 0.331. The molecule has 0 spiro atoms. The summed E-state index contributed by atoms with van der Waals surface area (Å²) in [6.45, 7) is 2.65. The molecule has 1 aromatic heterocycles. The molecular weight excluding hydrogens is 284 g/mol. The van der Waals surface area contributed by atoms with Crippen LogP contribution in [0, 0.1) is 0 Å². The number of benzene rings is 1. The van der Waals surface area contributed by atoms with E-state index in [4.69, 9.17) is 16.6 Å². The lowest BCUT2D eigenvalue weighted by molar-refractivity contribution is -0.115. The van der Waals surface area contributed by atoms with Crippen LogP contribution >= 0.6 is 12.2 Å². The number of anilines is 1. The predicted octanol–water partition coefficient (Wildman–Crippen LogP) is 3.22. The Morgan fingerprint density at radius 2 is 2.05 bits per heavy atom. The quantitative estimate of drug-likeness (QED) is 0.695. The largest absolute Gasteiger partial charge is 0.465 e. The molecule has 21 heavy (non-hydrogen) atoms. The number of nitrogens with one attached hydrogen (secondary N) is 1. The number of para-hydroxylation sites is 1. The Kier molecular flexibility index (Phi) is 5.29. The van der Waals surface area contributed by atoms with Crippen molar-refractivity contribution in [2.75, 3.05) is 11.4 Å². The maximum atomic E-state index is 11.8. The van der Waals surface area contributed by atoms with Crippen LogP contribution in [0.5, 0.6) is 0 Å². The van der Waals surface area contributed by atoms with Crippen molar-refractivity contribution < 1.29 is 9.21 Å². The highest BCUT2D eigenvalue weighted by molar-refractivity contribution is 7.80. The molecule has 0 aliphatic rings. The highest BCUT2D eigenvalue weighted by Gasteiger charge is 2.11. The van der Waals surface area contributed by atoms with Gasteiger partial charge in [0.25, 0.3) is 0 Å². The minimum Gasteiger partial charge on any atom is -0.465 e. The first-order chi connectivity index (χ1) is 10.2. The SMILES string of the molecule is CCN(C(=S)NC(=O)C=Cc1ccco1)c1ccccc1. The Balaban J connectivity index is 1.98. The Morgan fingerprint density at radius 3 is 2.67 bits per heavy atom. The van der Waals surface area contributed by atoms with Gasteiger partial charge in [-0.3, -0.25) is 10.1 Å². The monoisotopic (exact) mass is 300 g/mol. The van der Waals surface area contributed by atoms with Gasteiger partial charge >= 0.3 is 0 Å². The van der Waals surface area contributed by atoms with E-state index in [-0.39, 0.29) is 5.91 Å². The molecular formula is C16H16N2O2S. The molecule has 108 valence electrons. The number of rotatable bonds is 4. The number of carbonyl (C=O) groups excluding carboxylic acids is 1. The summed E-state index contributed by atoms with van der Waals surface area (Å²) in [4.78, 5) is 13.7. The minimum atomic E-state index is -0.286. The highest BCUT2D eigenvalue weighted by atomic mass is 32.1. The molecule has 0 saturated heterocycles. The van der Waals surface area contributed by atoms with Crippen LogP contribution in [0.2, 0.25) is 0 Å². The van der Waals surface area contributed by atoms with Gasteiger partial charge in [-0.15, -0.1) is 0 Å². The van der Waals surface area contributed by atoms with Crippen molar-refractivity contribution in [1.82, 2.24) is 5.32 Å². The van der Waals surface area contributed by atoms with Gasteiger partial charge in [-0.1, -0.05) is 18.2 Å². The van der Waals surface area contributed by atoms with Gasteiger partial charge in [-0.2, -0.15) is 0 Å². The van der Waals surface area contributed by atoms with E-state index < -0.39 is 0 Å². The zero-order valence-electron chi connectivity index (χ0n) is 11.7. The second kappa shape index (κ2) is 7.40. The van der Waals surface area contributed by atoms with Crippen LogP contribution in [-0.2, 0) is 4.79 Å². The van der Waals surface area contributed by atoms with Crippen molar-refractivity contribution in [2.45, 2.75) is 6.92 Å². The fourth-order valence-corrected chi connectivity index (χ4v) is 2.14. The Hall–Kier alpha value is -2.40. The van der Waals surface area contributed by atoms with Crippen molar-refractivity contribution in [3.05, 3.63) is 60.6 Å². The van der Waals surface area contributed by atoms with Crippen molar-refractivity contribution in [3.63, 3.8) is 0 Å². The third-order valence-corrected chi connectivity index (χ3v) is 3.12. The van der Waals surface area contributed by atoms with Crippen molar-refractivity contribution in [1.29, 1.82) is 0 Å². The molecule has 2 aromatic rings. The Bertz CT molecular complexity index is 621. The van der Waals surface area contributed by atoms with Crippen LogP contribution in [0.4, 0.5) is 5.69 Å². The third-order valence-electron chi connectivity index (χ3n) is 2.80.